The van der Waals surface area contributed by atoms with Gasteiger partial charge in [-0.15, -0.1) is 0 Å². The molecule has 0 aliphatic carbocycles. The van der Waals surface area contributed by atoms with E-state index in [1.165, 1.54) is 0 Å². The van der Waals surface area contributed by atoms with Gasteiger partial charge < -0.3 is 14.6 Å². The van der Waals surface area contributed by atoms with Crippen molar-refractivity contribution in [1.82, 2.24) is 18.8 Å². The lowest BCUT2D eigenvalue weighted by molar-refractivity contribution is -0.192. The Morgan fingerprint density at radius 1 is 1.33 bits per heavy atom. The molecular weight excluding hydrogens is 389 g/mol. The monoisotopic (exact) mass is 414 g/mol. The van der Waals surface area contributed by atoms with Gasteiger partial charge in [-0.05, 0) is 20.5 Å². The van der Waals surface area contributed by atoms with Gasteiger partial charge in [0.1, 0.15) is 5.82 Å². The summed E-state index contributed by atoms with van der Waals surface area (Å²) in [5, 5.41) is 7.12. The maximum atomic E-state index is 12.2. The molecule has 0 unspecified atom stereocenters. The summed E-state index contributed by atoms with van der Waals surface area (Å²) in [6.45, 7) is 4.44. The molecular formula is C15H25F3N4O4S. The van der Waals surface area contributed by atoms with E-state index in [4.69, 9.17) is 9.90 Å². The van der Waals surface area contributed by atoms with Gasteiger partial charge >= 0.3 is 12.1 Å². The van der Waals surface area contributed by atoms with Crippen molar-refractivity contribution in [2.24, 2.45) is 0 Å². The molecule has 2 rings (SSSR count). The summed E-state index contributed by atoms with van der Waals surface area (Å²) in [4.78, 5) is 15.5. The molecule has 12 heteroatoms. The lowest BCUT2D eigenvalue weighted by Crippen LogP contribution is -2.39. The average molecular weight is 414 g/mol. The fraction of sp³-hybridized carbons (Fsp3) is 0.733. The number of imidazole rings is 1. The molecule has 0 spiro atoms. The molecule has 1 aliphatic heterocycles. The Labute approximate surface area is 156 Å². The van der Waals surface area contributed by atoms with Crippen LogP contribution < -0.4 is 0 Å². The van der Waals surface area contributed by atoms with Crippen LogP contribution in [0.4, 0.5) is 13.2 Å². The van der Waals surface area contributed by atoms with Gasteiger partial charge in [0.25, 0.3) is 0 Å². The summed E-state index contributed by atoms with van der Waals surface area (Å²) < 4.78 is 59.8. The second-order valence-corrected chi connectivity index (χ2v) is 8.47. The third-order valence-corrected chi connectivity index (χ3v) is 5.59. The molecule has 1 N–H and O–H groups in total. The standard InChI is InChI=1S/C13H24N4O2S.C2HF3O2/c1-4-5-8-20(18,19)17-7-6-16-10-12(9-15(2)3)14-13(16)11-17;3-2(4,5)1(6)7/h10H,4-9,11H2,1-3H3;(H,6,7). The zero-order valence-electron chi connectivity index (χ0n) is 15.5. The van der Waals surface area contributed by atoms with E-state index in [0.29, 0.717) is 19.6 Å². The highest BCUT2D eigenvalue weighted by Crippen LogP contribution is 2.17. The van der Waals surface area contributed by atoms with Crippen molar-refractivity contribution in [3.05, 3.63) is 17.7 Å². The van der Waals surface area contributed by atoms with E-state index in [0.717, 1.165) is 30.9 Å². The topological polar surface area (TPSA) is 95.7 Å². The van der Waals surface area contributed by atoms with E-state index < -0.39 is 22.2 Å². The first-order valence-corrected chi connectivity index (χ1v) is 9.95. The lowest BCUT2D eigenvalue weighted by Gasteiger charge is -2.26. The molecule has 1 aromatic heterocycles. The molecule has 1 aromatic rings. The summed E-state index contributed by atoms with van der Waals surface area (Å²) in [6.07, 6.45) is -1.43. The Bertz CT molecular complexity index is 732. The normalized spacial score (nSPS) is 15.2. The van der Waals surface area contributed by atoms with E-state index >= 15 is 0 Å². The van der Waals surface area contributed by atoms with Gasteiger partial charge in [-0.3, -0.25) is 0 Å². The van der Waals surface area contributed by atoms with Gasteiger partial charge in [-0.25, -0.2) is 18.2 Å². The zero-order valence-corrected chi connectivity index (χ0v) is 16.3. The number of hydrogen-bond acceptors (Lipinski definition) is 5. The van der Waals surface area contributed by atoms with Crippen molar-refractivity contribution >= 4 is 16.0 Å². The van der Waals surface area contributed by atoms with E-state index in [-0.39, 0.29) is 5.75 Å². The van der Waals surface area contributed by atoms with Gasteiger partial charge in [-0.2, -0.15) is 17.5 Å². The summed E-state index contributed by atoms with van der Waals surface area (Å²) >= 11 is 0. The molecule has 0 bridgehead atoms. The van der Waals surface area contributed by atoms with Gasteiger partial charge in [0.15, 0.2) is 0 Å². The Balaban J connectivity index is 0.000000445. The number of rotatable bonds is 6. The predicted molar refractivity (Wildman–Crippen MR) is 92.4 cm³/mol. The first-order chi connectivity index (χ1) is 12.4. The summed E-state index contributed by atoms with van der Waals surface area (Å²) in [5.74, 6) is -1.66. The van der Waals surface area contributed by atoms with Crippen LogP contribution in [0.5, 0.6) is 0 Å². The molecule has 0 amide bonds. The number of hydrogen-bond donors (Lipinski definition) is 1. The minimum absolute atomic E-state index is 0.245. The smallest absolute Gasteiger partial charge is 0.475 e. The van der Waals surface area contributed by atoms with Crippen LogP contribution in [0.3, 0.4) is 0 Å². The highest BCUT2D eigenvalue weighted by molar-refractivity contribution is 7.89. The van der Waals surface area contributed by atoms with Gasteiger partial charge in [-0.1, -0.05) is 13.3 Å². The van der Waals surface area contributed by atoms with Crippen molar-refractivity contribution in [3.8, 4) is 0 Å². The van der Waals surface area contributed by atoms with Crippen LogP contribution in [0.2, 0.25) is 0 Å². The fourth-order valence-electron chi connectivity index (χ4n) is 2.38. The zero-order chi connectivity index (χ0) is 20.8. The van der Waals surface area contributed by atoms with Crippen LogP contribution in [-0.4, -0.2) is 70.8 Å². The summed E-state index contributed by atoms with van der Waals surface area (Å²) in [5.41, 5.74) is 0.998. The number of aliphatic carboxylic acids is 1. The van der Waals surface area contributed by atoms with Crippen molar-refractivity contribution in [3.63, 3.8) is 0 Å². The van der Waals surface area contributed by atoms with Crippen LogP contribution in [0.1, 0.15) is 31.3 Å². The summed E-state index contributed by atoms with van der Waals surface area (Å²) in [7, 11) is 0.867. The number of nitrogens with zero attached hydrogens (tertiary/aromatic N) is 4. The number of carboxylic acids is 1. The van der Waals surface area contributed by atoms with Gasteiger partial charge in [0, 0.05) is 25.8 Å². The largest absolute Gasteiger partial charge is 0.490 e. The molecule has 0 saturated heterocycles. The first kappa shape index (κ1) is 23.4. The number of carboxylic acid groups (broad SMARTS) is 1. The van der Waals surface area contributed by atoms with Crippen molar-refractivity contribution in [1.29, 1.82) is 0 Å². The van der Waals surface area contributed by atoms with Crippen LogP contribution in [0.25, 0.3) is 0 Å². The molecule has 2 heterocycles. The first-order valence-electron chi connectivity index (χ1n) is 8.34. The second kappa shape index (κ2) is 9.51. The summed E-state index contributed by atoms with van der Waals surface area (Å²) in [6, 6.07) is 0. The molecule has 0 saturated carbocycles. The van der Waals surface area contributed by atoms with Crippen LogP contribution in [0.15, 0.2) is 6.20 Å². The van der Waals surface area contributed by atoms with Crippen molar-refractivity contribution in [2.45, 2.75) is 45.6 Å². The number of aromatic nitrogens is 2. The van der Waals surface area contributed by atoms with Crippen molar-refractivity contribution < 1.29 is 31.5 Å². The molecule has 8 nitrogen and oxygen atoms in total. The second-order valence-electron chi connectivity index (χ2n) is 6.39. The Morgan fingerprint density at radius 3 is 2.41 bits per heavy atom. The van der Waals surface area contributed by atoms with Gasteiger partial charge in [0.05, 0.1) is 18.0 Å². The highest BCUT2D eigenvalue weighted by Gasteiger charge is 2.38. The van der Waals surface area contributed by atoms with E-state index in [9.17, 15) is 21.6 Å². The maximum absolute atomic E-state index is 12.2. The van der Waals surface area contributed by atoms with Crippen molar-refractivity contribution in [2.75, 3.05) is 26.4 Å². The maximum Gasteiger partial charge on any atom is 0.490 e. The van der Waals surface area contributed by atoms with Gasteiger partial charge in [0.2, 0.25) is 10.0 Å². The predicted octanol–water partition coefficient (Wildman–Crippen LogP) is 1.52. The molecule has 1 aliphatic rings. The highest BCUT2D eigenvalue weighted by atomic mass is 32.2. The average Bonchev–Trinajstić information content (AvgIpc) is 2.93. The Morgan fingerprint density at radius 2 is 1.93 bits per heavy atom. The molecule has 156 valence electrons. The molecule has 0 radical (unpaired) electrons. The molecule has 0 aromatic carbocycles. The number of unbranched alkanes of at least 4 members (excludes halogenated alkanes) is 1. The van der Waals surface area contributed by atoms with Crippen LogP contribution in [-0.2, 0) is 34.5 Å². The number of fused-ring (bicyclic) bond motifs is 1. The van der Waals surface area contributed by atoms with E-state index in [2.05, 4.69) is 14.5 Å². The SMILES string of the molecule is CCCCS(=O)(=O)N1CCn2cc(CN(C)C)nc2C1.O=C(O)C(F)(F)F. The quantitative estimate of drug-likeness (QED) is 0.758. The number of alkyl halides is 3. The third kappa shape index (κ3) is 7.46. The third-order valence-electron chi connectivity index (χ3n) is 3.69. The minimum Gasteiger partial charge on any atom is -0.475 e. The van der Waals surface area contributed by atoms with Crippen LogP contribution in [0, 0.1) is 0 Å². The Kier molecular flexibility index (Phi) is 8.23. The lowest BCUT2D eigenvalue weighted by atomic mass is 10.4. The van der Waals surface area contributed by atoms with E-state index in [1.807, 2.05) is 27.2 Å². The van der Waals surface area contributed by atoms with Crippen LogP contribution >= 0.6 is 0 Å². The Hall–Kier alpha value is -1.66. The molecule has 0 fully saturated rings. The minimum atomic E-state index is -5.08. The molecule has 0 atom stereocenters. The number of halogens is 3. The number of carbonyl (C=O) groups is 1. The van der Waals surface area contributed by atoms with E-state index in [1.54, 1.807) is 4.31 Å². The molecule has 27 heavy (non-hydrogen) atoms. The fourth-order valence-corrected chi connectivity index (χ4v) is 3.97. The number of sulfonamides is 1.